The first-order valence-electron chi connectivity index (χ1n) is 6.11. The number of nitrogens with one attached hydrogen (secondary N) is 1. The zero-order valence-corrected chi connectivity index (χ0v) is 12.2. The van der Waals surface area contributed by atoms with Crippen molar-refractivity contribution >= 4 is 22.0 Å². The van der Waals surface area contributed by atoms with Gasteiger partial charge in [0.05, 0.1) is 18.4 Å². The molecule has 1 amide bonds. The van der Waals surface area contributed by atoms with Crippen LogP contribution in [0.3, 0.4) is 0 Å². The minimum Gasteiger partial charge on any atom is -0.372 e. The molecule has 0 saturated carbocycles. The third-order valence-electron chi connectivity index (χ3n) is 2.23. The highest BCUT2D eigenvalue weighted by Crippen LogP contribution is 2.14. The third-order valence-corrected chi connectivity index (χ3v) is 3.24. The minimum absolute atomic E-state index is 0.492. The molecule has 0 saturated heterocycles. The van der Waals surface area contributed by atoms with E-state index in [4.69, 9.17) is 0 Å². The molecule has 0 aliphatic rings. The van der Waals surface area contributed by atoms with Gasteiger partial charge >= 0.3 is 6.18 Å². The Morgan fingerprint density at radius 1 is 1.23 bits per heavy atom. The molecule has 5 nitrogen and oxygen atoms in total. The number of amides is 1. The van der Waals surface area contributed by atoms with Crippen LogP contribution in [-0.4, -0.2) is 33.7 Å². The normalized spacial score (nSPS) is 12.5. The van der Waals surface area contributed by atoms with Gasteiger partial charge in [0.1, 0.15) is 6.61 Å². The maximum Gasteiger partial charge on any atom is 0.411 e. The Morgan fingerprint density at radius 3 is 2.45 bits per heavy atom. The quantitative estimate of drug-likeness (QED) is 0.773. The fourth-order valence-corrected chi connectivity index (χ4v) is 2.15. The summed E-state index contributed by atoms with van der Waals surface area (Å²) in [4.78, 5) is 11.3. The van der Waals surface area contributed by atoms with Gasteiger partial charge in [-0.05, 0) is 11.6 Å². The number of carbonyl (C=O) groups excluding carboxylic acids is 1. The van der Waals surface area contributed by atoms with Gasteiger partial charge in [-0.2, -0.15) is 13.2 Å². The highest BCUT2D eigenvalue weighted by molar-refractivity contribution is 7.93. The summed E-state index contributed by atoms with van der Waals surface area (Å²) in [6.07, 6.45) is -3.69. The van der Waals surface area contributed by atoms with Crippen LogP contribution in [0.25, 0.3) is 6.08 Å². The molecule has 1 rings (SSSR count). The van der Waals surface area contributed by atoms with Crippen LogP contribution in [0, 0.1) is 0 Å². The van der Waals surface area contributed by atoms with E-state index in [1.807, 2.05) is 0 Å². The number of alkyl halides is 3. The van der Waals surface area contributed by atoms with Crippen molar-refractivity contribution < 1.29 is 31.1 Å². The van der Waals surface area contributed by atoms with Gasteiger partial charge < -0.3 is 4.74 Å². The zero-order chi connectivity index (χ0) is 16.6. The molecule has 0 aromatic heterocycles. The molecule has 122 valence electrons. The van der Waals surface area contributed by atoms with Gasteiger partial charge in [-0.1, -0.05) is 30.3 Å². The van der Waals surface area contributed by atoms with Crippen molar-refractivity contribution in [2.24, 2.45) is 0 Å². The number of hydrogen-bond donors (Lipinski definition) is 1. The summed E-state index contributed by atoms with van der Waals surface area (Å²) < 4.78 is 64.4. The van der Waals surface area contributed by atoms with E-state index in [0.29, 0.717) is 5.56 Å². The molecule has 22 heavy (non-hydrogen) atoms. The average molecular weight is 337 g/mol. The molecule has 0 bridgehead atoms. The average Bonchev–Trinajstić information content (AvgIpc) is 2.41. The van der Waals surface area contributed by atoms with Gasteiger partial charge in [-0.15, -0.1) is 0 Å². The summed E-state index contributed by atoms with van der Waals surface area (Å²) in [5.41, 5.74) is 0.619. The van der Waals surface area contributed by atoms with E-state index >= 15 is 0 Å². The molecule has 0 fully saturated rings. The Labute approximate surface area is 125 Å². The topological polar surface area (TPSA) is 72.5 Å². The van der Waals surface area contributed by atoms with Crippen molar-refractivity contribution in [3.63, 3.8) is 0 Å². The van der Waals surface area contributed by atoms with Crippen LogP contribution in [0.2, 0.25) is 0 Å². The summed E-state index contributed by atoms with van der Waals surface area (Å²) in [6.45, 7) is -2.01. The first-order valence-corrected chi connectivity index (χ1v) is 7.66. The fraction of sp³-hybridized carbons (Fsp3) is 0.308. The first-order chi connectivity index (χ1) is 10.2. The van der Waals surface area contributed by atoms with Gasteiger partial charge in [0.2, 0.25) is 5.91 Å². The predicted molar refractivity (Wildman–Crippen MR) is 74.0 cm³/mol. The van der Waals surface area contributed by atoms with Crippen molar-refractivity contribution in [3.05, 3.63) is 41.3 Å². The molecule has 1 N–H and O–H groups in total. The van der Waals surface area contributed by atoms with Crippen LogP contribution in [0.5, 0.6) is 0 Å². The van der Waals surface area contributed by atoms with E-state index in [2.05, 4.69) is 4.74 Å². The van der Waals surface area contributed by atoms with Crippen LogP contribution in [0.4, 0.5) is 13.2 Å². The highest BCUT2D eigenvalue weighted by Gasteiger charge is 2.27. The molecule has 1 aromatic carbocycles. The highest BCUT2D eigenvalue weighted by atomic mass is 32.2. The number of halogens is 3. The maximum absolute atomic E-state index is 11.8. The molecule has 0 radical (unpaired) electrons. The van der Waals surface area contributed by atoms with Crippen molar-refractivity contribution in [2.45, 2.75) is 12.6 Å². The molecule has 0 heterocycles. The standard InChI is InChI=1S/C13H14F3NO4S/c14-13(15,16)10-21-8-6-12(18)17-22(19,20)9-7-11-4-2-1-3-5-11/h1-5,7,9H,6,8,10H2,(H,17,18)/b9-7+. The van der Waals surface area contributed by atoms with Gasteiger partial charge in [0, 0.05) is 0 Å². The lowest BCUT2D eigenvalue weighted by Gasteiger charge is -2.07. The molecule has 9 heteroatoms. The lowest BCUT2D eigenvalue weighted by Crippen LogP contribution is -2.30. The Kier molecular flexibility index (Phi) is 6.57. The Morgan fingerprint density at radius 2 is 1.86 bits per heavy atom. The third kappa shape index (κ3) is 8.42. The molecule has 0 spiro atoms. The van der Waals surface area contributed by atoms with Gasteiger partial charge in [0.25, 0.3) is 10.0 Å². The first kappa shape index (κ1) is 18.2. The van der Waals surface area contributed by atoms with Crippen LogP contribution >= 0.6 is 0 Å². The second-order valence-electron chi connectivity index (χ2n) is 4.20. The van der Waals surface area contributed by atoms with Crippen LogP contribution < -0.4 is 4.72 Å². The van der Waals surface area contributed by atoms with E-state index < -0.39 is 41.7 Å². The molecule has 0 unspecified atom stereocenters. The zero-order valence-electron chi connectivity index (χ0n) is 11.3. The smallest absolute Gasteiger partial charge is 0.372 e. The molecular weight excluding hydrogens is 323 g/mol. The van der Waals surface area contributed by atoms with Gasteiger partial charge in [0.15, 0.2) is 0 Å². The molecule has 0 atom stereocenters. The van der Waals surface area contributed by atoms with E-state index in [1.54, 1.807) is 35.1 Å². The van der Waals surface area contributed by atoms with Gasteiger partial charge in [-0.3, -0.25) is 4.79 Å². The Balaban J connectivity index is 2.41. The van der Waals surface area contributed by atoms with E-state index in [-0.39, 0.29) is 0 Å². The van der Waals surface area contributed by atoms with Crippen LogP contribution in [-0.2, 0) is 19.6 Å². The lowest BCUT2D eigenvalue weighted by molar-refractivity contribution is -0.174. The van der Waals surface area contributed by atoms with E-state index in [0.717, 1.165) is 5.41 Å². The summed E-state index contributed by atoms with van der Waals surface area (Å²) in [6, 6.07) is 8.51. The van der Waals surface area contributed by atoms with E-state index in [1.165, 1.54) is 6.08 Å². The van der Waals surface area contributed by atoms with Crippen LogP contribution in [0.1, 0.15) is 12.0 Å². The summed E-state index contributed by atoms with van der Waals surface area (Å²) >= 11 is 0. The van der Waals surface area contributed by atoms with Crippen molar-refractivity contribution in [3.8, 4) is 0 Å². The van der Waals surface area contributed by atoms with Crippen molar-refractivity contribution in [1.82, 2.24) is 4.72 Å². The number of ether oxygens (including phenoxy) is 1. The van der Waals surface area contributed by atoms with Gasteiger partial charge in [-0.25, -0.2) is 13.1 Å². The number of hydrogen-bond acceptors (Lipinski definition) is 4. The number of benzene rings is 1. The molecule has 0 aliphatic heterocycles. The predicted octanol–water partition coefficient (Wildman–Crippen LogP) is 2.07. The van der Waals surface area contributed by atoms with Crippen molar-refractivity contribution in [1.29, 1.82) is 0 Å². The largest absolute Gasteiger partial charge is 0.411 e. The summed E-state index contributed by atoms with van der Waals surface area (Å²) in [5, 5.41) is 0.802. The minimum atomic E-state index is -4.49. The van der Waals surface area contributed by atoms with Crippen molar-refractivity contribution in [2.75, 3.05) is 13.2 Å². The number of rotatable bonds is 7. The molecule has 1 aromatic rings. The molecular formula is C13H14F3NO4S. The Hall–Kier alpha value is -1.87. The monoisotopic (exact) mass is 337 g/mol. The Bertz CT molecular complexity index is 612. The maximum atomic E-state index is 11.8. The second kappa shape index (κ2) is 7.95. The van der Waals surface area contributed by atoms with Crippen LogP contribution in [0.15, 0.2) is 35.7 Å². The second-order valence-corrected chi connectivity index (χ2v) is 5.77. The molecule has 0 aliphatic carbocycles. The summed E-state index contributed by atoms with van der Waals surface area (Å²) in [7, 11) is -4.00. The number of carbonyl (C=O) groups is 1. The fourth-order valence-electron chi connectivity index (χ4n) is 1.33. The lowest BCUT2D eigenvalue weighted by atomic mass is 10.2. The summed E-state index contributed by atoms with van der Waals surface area (Å²) in [5.74, 6) is -0.945. The van der Waals surface area contributed by atoms with E-state index in [9.17, 15) is 26.4 Å². The number of sulfonamides is 1. The SMILES string of the molecule is O=C(CCOCC(F)(F)F)NS(=O)(=O)/C=C/c1ccccc1.